The van der Waals surface area contributed by atoms with Crippen LogP contribution in [0.3, 0.4) is 0 Å². The molecule has 0 saturated heterocycles. The monoisotopic (exact) mass is 410 g/mol. The molecule has 1 aromatic heterocycles. The minimum Gasteiger partial charge on any atom is -0.326 e. The highest BCUT2D eigenvalue weighted by Gasteiger charge is 2.19. The first-order valence-corrected chi connectivity index (χ1v) is 9.91. The van der Waals surface area contributed by atoms with Gasteiger partial charge in [-0.15, -0.1) is 0 Å². The molecule has 6 nitrogen and oxygen atoms in total. The molecule has 6 heteroatoms. The Labute approximate surface area is 180 Å². The standard InChI is InChI=1S/C25H22N4O2/c1-17-8-10-19(11-9-17)24-23(16-29(28-24)22-6-4-3-5-7-22)25(31)27-21-14-12-20(13-15-21)26-18(2)30/h3-16H,1-2H3,(H,26,30)(H,27,31). The van der Waals surface area contributed by atoms with Gasteiger partial charge in [0.15, 0.2) is 0 Å². The van der Waals surface area contributed by atoms with Gasteiger partial charge in [0.25, 0.3) is 5.91 Å². The number of nitrogens with one attached hydrogen (secondary N) is 2. The molecule has 4 rings (SSSR count). The van der Waals surface area contributed by atoms with Gasteiger partial charge in [0, 0.05) is 30.1 Å². The topological polar surface area (TPSA) is 76.0 Å². The first-order chi connectivity index (χ1) is 15.0. The quantitative estimate of drug-likeness (QED) is 0.483. The van der Waals surface area contributed by atoms with Gasteiger partial charge in [-0.2, -0.15) is 5.10 Å². The van der Waals surface area contributed by atoms with Crippen molar-refractivity contribution in [2.24, 2.45) is 0 Å². The van der Waals surface area contributed by atoms with Crippen molar-refractivity contribution in [1.82, 2.24) is 9.78 Å². The number of hydrogen-bond acceptors (Lipinski definition) is 3. The largest absolute Gasteiger partial charge is 0.326 e. The highest BCUT2D eigenvalue weighted by Crippen LogP contribution is 2.25. The van der Waals surface area contributed by atoms with Gasteiger partial charge in [-0.1, -0.05) is 48.0 Å². The van der Waals surface area contributed by atoms with E-state index in [-0.39, 0.29) is 11.8 Å². The van der Waals surface area contributed by atoms with Gasteiger partial charge in [-0.3, -0.25) is 9.59 Å². The average Bonchev–Trinajstić information content (AvgIpc) is 3.22. The van der Waals surface area contributed by atoms with E-state index in [9.17, 15) is 9.59 Å². The summed E-state index contributed by atoms with van der Waals surface area (Å²) in [7, 11) is 0. The number of nitrogens with zero attached hydrogens (tertiary/aromatic N) is 2. The summed E-state index contributed by atoms with van der Waals surface area (Å²) in [6.45, 7) is 3.47. The van der Waals surface area contributed by atoms with Gasteiger partial charge < -0.3 is 10.6 Å². The van der Waals surface area contributed by atoms with Gasteiger partial charge in [-0.05, 0) is 43.3 Å². The minimum atomic E-state index is -0.259. The molecule has 154 valence electrons. The lowest BCUT2D eigenvalue weighted by molar-refractivity contribution is -0.114. The minimum absolute atomic E-state index is 0.146. The van der Waals surface area contributed by atoms with Crippen LogP contribution in [0.2, 0.25) is 0 Å². The highest BCUT2D eigenvalue weighted by atomic mass is 16.2. The molecule has 0 radical (unpaired) electrons. The zero-order chi connectivity index (χ0) is 21.8. The Balaban J connectivity index is 1.67. The third-order valence-electron chi connectivity index (χ3n) is 4.77. The predicted molar refractivity (Wildman–Crippen MR) is 122 cm³/mol. The van der Waals surface area contributed by atoms with Crippen LogP contribution in [0.1, 0.15) is 22.8 Å². The van der Waals surface area contributed by atoms with Crippen LogP contribution in [0.5, 0.6) is 0 Å². The number of amides is 2. The van der Waals surface area contributed by atoms with Crippen LogP contribution in [0, 0.1) is 6.92 Å². The molecular formula is C25H22N4O2. The van der Waals surface area contributed by atoms with Crippen molar-refractivity contribution in [3.05, 3.63) is 96.2 Å². The Kier molecular flexibility index (Phi) is 5.62. The van der Waals surface area contributed by atoms with Crippen LogP contribution in [0.4, 0.5) is 11.4 Å². The third kappa shape index (κ3) is 4.70. The van der Waals surface area contributed by atoms with Gasteiger partial charge in [0.05, 0.1) is 11.3 Å². The number of carbonyl (C=O) groups is 2. The maximum absolute atomic E-state index is 13.1. The number of anilines is 2. The summed E-state index contributed by atoms with van der Waals surface area (Å²) in [4.78, 5) is 24.3. The molecule has 0 aliphatic heterocycles. The fraction of sp³-hybridized carbons (Fsp3) is 0.0800. The molecule has 0 atom stereocenters. The fourth-order valence-electron chi connectivity index (χ4n) is 3.22. The van der Waals surface area contributed by atoms with E-state index in [4.69, 9.17) is 5.10 Å². The van der Waals surface area contributed by atoms with Crippen molar-refractivity contribution in [2.75, 3.05) is 10.6 Å². The molecule has 4 aromatic rings. The Morgan fingerprint density at radius 2 is 1.42 bits per heavy atom. The number of rotatable bonds is 5. The molecule has 31 heavy (non-hydrogen) atoms. The number of aryl methyl sites for hydroxylation is 1. The first kappa shape index (κ1) is 20.1. The van der Waals surface area contributed by atoms with Crippen molar-refractivity contribution < 1.29 is 9.59 Å². The molecule has 0 aliphatic carbocycles. The average molecular weight is 410 g/mol. The summed E-state index contributed by atoms with van der Waals surface area (Å²) >= 11 is 0. The zero-order valence-electron chi connectivity index (χ0n) is 17.3. The Hall–Kier alpha value is -4.19. The second-order valence-corrected chi connectivity index (χ2v) is 7.25. The molecule has 3 aromatic carbocycles. The van der Waals surface area contributed by atoms with Crippen LogP contribution in [0.25, 0.3) is 16.9 Å². The molecule has 0 fully saturated rings. The number of benzene rings is 3. The molecule has 0 aliphatic rings. The van der Waals surface area contributed by atoms with Crippen LogP contribution >= 0.6 is 0 Å². The number of carbonyl (C=O) groups excluding carboxylic acids is 2. The molecule has 0 unspecified atom stereocenters. The van der Waals surface area contributed by atoms with E-state index < -0.39 is 0 Å². The first-order valence-electron chi connectivity index (χ1n) is 9.91. The van der Waals surface area contributed by atoms with Crippen LogP contribution < -0.4 is 10.6 Å². The van der Waals surface area contributed by atoms with Crippen molar-refractivity contribution >= 4 is 23.2 Å². The fourth-order valence-corrected chi connectivity index (χ4v) is 3.22. The summed E-state index contributed by atoms with van der Waals surface area (Å²) in [5.41, 5.74) is 5.25. The van der Waals surface area contributed by atoms with Gasteiger partial charge >= 0.3 is 0 Å². The maximum Gasteiger partial charge on any atom is 0.259 e. The highest BCUT2D eigenvalue weighted by molar-refractivity contribution is 6.08. The van der Waals surface area contributed by atoms with E-state index in [1.54, 1.807) is 35.1 Å². The lowest BCUT2D eigenvalue weighted by Gasteiger charge is -2.07. The SMILES string of the molecule is CC(=O)Nc1ccc(NC(=O)c2cn(-c3ccccc3)nc2-c2ccc(C)cc2)cc1. The maximum atomic E-state index is 13.1. The van der Waals surface area contributed by atoms with E-state index in [0.29, 0.717) is 22.6 Å². The van der Waals surface area contributed by atoms with E-state index in [1.807, 2.05) is 61.5 Å². The molecule has 2 N–H and O–H groups in total. The third-order valence-corrected chi connectivity index (χ3v) is 4.77. The van der Waals surface area contributed by atoms with Crippen molar-refractivity contribution in [1.29, 1.82) is 0 Å². The Morgan fingerprint density at radius 1 is 0.806 bits per heavy atom. The van der Waals surface area contributed by atoms with Gasteiger partial charge in [-0.25, -0.2) is 4.68 Å². The second kappa shape index (κ2) is 8.67. The van der Waals surface area contributed by atoms with Crippen LogP contribution in [-0.4, -0.2) is 21.6 Å². The molecule has 0 saturated carbocycles. The number of aromatic nitrogens is 2. The van der Waals surface area contributed by atoms with E-state index in [1.165, 1.54) is 6.92 Å². The van der Waals surface area contributed by atoms with E-state index in [2.05, 4.69) is 10.6 Å². The van der Waals surface area contributed by atoms with Crippen molar-refractivity contribution in [3.8, 4) is 16.9 Å². The number of para-hydroxylation sites is 1. The van der Waals surface area contributed by atoms with E-state index >= 15 is 0 Å². The summed E-state index contributed by atoms with van der Waals surface area (Å²) in [5.74, 6) is -0.405. The van der Waals surface area contributed by atoms with Gasteiger partial charge in [0.2, 0.25) is 5.91 Å². The van der Waals surface area contributed by atoms with Crippen LogP contribution in [0.15, 0.2) is 85.1 Å². The zero-order valence-corrected chi connectivity index (χ0v) is 17.3. The Bertz CT molecular complexity index is 1210. The smallest absolute Gasteiger partial charge is 0.259 e. The van der Waals surface area contributed by atoms with Gasteiger partial charge in [0.1, 0.15) is 5.69 Å². The summed E-state index contributed by atoms with van der Waals surface area (Å²) in [6.07, 6.45) is 1.74. The second-order valence-electron chi connectivity index (χ2n) is 7.25. The summed E-state index contributed by atoms with van der Waals surface area (Å²) in [5, 5.41) is 10.3. The molecule has 0 spiro atoms. The Morgan fingerprint density at radius 3 is 2.03 bits per heavy atom. The summed E-state index contributed by atoms with van der Waals surface area (Å²) in [6, 6.07) is 24.6. The van der Waals surface area contributed by atoms with Crippen molar-refractivity contribution in [2.45, 2.75) is 13.8 Å². The molecule has 1 heterocycles. The lowest BCUT2D eigenvalue weighted by Crippen LogP contribution is -2.12. The molecular weight excluding hydrogens is 388 g/mol. The molecule has 0 bridgehead atoms. The van der Waals surface area contributed by atoms with E-state index in [0.717, 1.165) is 16.8 Å². The normalized spacial score (nSPS) is 10.5. The number of hydrogen-bond donors (Lipinski definition) is 2. The van der Waals surface area contributed by atoms with Crippen LogP contribution in [-0.2, 0) is 4.79 Å². The van der Waals surface area contributed by atoms with Crippen molar-refractivity contribution in [3.63, 3.8) is 0 Å². The molecule has 2 amide bonds. The predicted octanol–water partition coefficient (Wildman–Crippen LogP) is 5.06. The lowest BCUT2D eigenvalue weighted by atomic mass is 10.1. The summed E-state index contributed by atoms with van der Waals surface area (Å²) < 4.78 is 1.71.